The van der Waals surface area contributed by atoms with Crippen molar-refractivity contribution in [1.82, 2.24) is 5.32 Å². The van der Waals surface area contributed by atoms with Gasteiger partial charge in [-0.15, -0.1) is 0 Å². The van der Waals surface area contributed by atoms with Crippen LogP contribution in [0.1, 0.15) is 15.9 Å². The third-order valence-corrected chi connectivity index (χ3v) is 4.05. The fourth-order valence-electron chi connectivity index (χ4n) is 1.95. The minimum atomic E-state index is -0.402. The van der Waals surface area contributed by atoms with Gasteiger partial charge in [-0.1, -0.05) is 12.1 Å². The Morgan fingerprint density at radius 3 is 2.59 bits per heavy atom. The predicted molar refractivity (Wildman–Crippen MR) is 80.1 cm³/mol. The van der Waals surface area contributed by atoms with Crippen LogP contribution in [0.2, 0.25) is 0 Å². The van der Waals surface area contributed by atoms with Gasteiger partial charge in [0.2, 0.25) is 0 Å². The average molecular weight is 319 g/mol. The molecule has 2 aliphatic heterocycles. The first kappa shape index (κ1) is 14.8. The molecule has 0 radical (unpaired) electrons. The van der Waals surface area contributed by atoms with Crippen LogP contribution in [0.5, 0.6) is 0 Å². The summed E-state index contributed by atoms with van der Waals surface area (Å²) >= 11 is 0.857. The molecule has 0 spiro atoms. The summed E-state index contributed by atoms with van der Waals surface area (Å²) in [5.74, 6) is -0.487. The first-order chi connectivity index (χ1) is 10.6. The fourth-order valence-corrected chi connectivity index (χ4v) is 2.63. The summed E-state index contributed by atoms with van der Waals surface area (Å²) in [6.45, 7) is 1.64. The highest BCUT2D eigenvalue weighted by Crippen LogP contribution is 2.25. The summed E-state index contributed by atoms with van der Waals surface area (Å²) in [4.78, 5) is 34.7. The van der Waals surface area contributed by atoms with Crippen LogP contribution >= 0.6 is 11.8 Å². The molecule has 0 aliphatic carbocycles. The van der Waals surface area contributed by atoms with Gasteiger partial charge < -0.3 is 9.47 Å². The second-order valence-corrected chi connectivity index (χ2v) is 5.99. The zero-order valence-electron chi connectivity index (χ0n) is 11.5. The van der Waals surface area contributed by atoms with Crippen molar-refractivity contribution in [2.24, 2.45) is 5.92 Å². The lowest BCUT2D eigenvalue weighted by Gasteiger charge is -2.25. The Hall–Kier alpha value is -2.12. The molecule has 0 bridgehead atoms. The van der Waals surface area contributed by atoms with Crippen molar-refractivity contribution >= 4 is 35.0 Å². The lowest BCUT2D eigenvalue weighted by Crippen LogP contribution is -2.32. The third-order valence-electron chi connectivity index (χ3n) is 3.24. The normalized spacial score (nSPS) is 19.9. The molecule has 1 aromatic carbocycles. The highest BCUT2D eigenvalue weighted by atomic mass is 32.2. The smallest absolute Gasteiger partial charge is 0.338 e. The number of hydrogen-bond acceptors (Lipinski definition) is 6. The summed E-state index contributed by atoms with van der Waals surface area (Å²) in [7, 11) is 0. The number of amides is 2. The van der Waals surface area contributed by atoms with Gasteiger partial charge in [0, 0.05) is 5.92 Å². The molecule has 0 aromatic heterocycles. The number of nitrogens with one attached hydrogen (secondary N) is 1. The van der Waals surface area contributed by atoms with E-state index in [-0.39, 0.29) is 11.2 Å². The van der Waals surface area contributed by atoms with E-state index in [2.05, 4.69) is 5.32 Å². The molecular formula is C15H13NO5S. The predicted octanol–water partition coefficient (Wildman–Crippen LogP) is 1.81. The van der Waals surface area contributed by atoms with Gasteiger partial charge in [0.25, 0.3) is 11.1 Å². The minimum absolute atomic E-state index is 0.295. The van der Waals surface area contributed by atoms with Gasteiger partial charge in [0.15, 0.2) is 0 Å². The van der Waals surface area contributed by atoms with E-state index in [4.69, 9.17) is 9.47 Å². The molecule has 6 nitrogen and oxygen atoms in total. The van der Waals surface area contributed by atoms with Crippen molar-refractivity contribution in [1.29, 1.82) is 0 Å². The van der Waals surface area contributed by atoms with Crippen LogP contribution in [0.3, 0.4) is 0 Å². The van der Waals surface area contributed by atoms with E-state index >= 15 is 0 Å². The van der Waals surface area contributed by atoms with Gasteiger partial charge in [0.1, 0.15) is 0 Å². The fraction of sp³-hybridized carbons (Fsp3) is 0.267. The highest BCUT2D eigenvalue weighted by Gasteiger charge is 2.25. The van der Waals surface area contributed by atoms with Crippen LogP contribution in [0, 0.1) is 5.92 Å². The summed E-state index contributed by atoms with van der Waals surface area (Å²) < 4.78 is 10.2. The summed E-state index contributed by atoms with van der Waals surface area (Å²) in [6, 6.07) is 6.66. The van der Waals surface area contributed by atoms with Crippen LogP contribution in [0.25, 0.3) is 6.08 Å². The van der Waals surface area contributed by atoms with E-state index in [1.54, 1.807) is 30.3 Å². The number of carbonyl (C=O) groups is 3. The van der Waals surface area contributed by atoms with Crippen molar-refractivity contribution in [2.45, 2.75) is 0 Å². The Labute approximate surface area is 130 Å². The first-order valence-corrected chi connectivity index (χ1v) is 7.53. The Balaban J connectivity index is 1.62. The molecule has 0 atom stereocenters. The number of carbonyl (C=O) groups excluding carboxylic acids is 3. The number of rotatable bonds is 4. The quantitative estimate of drug-likeness (QED) is 0.673. The maximum absolute atomic E-state index is 11.8. The molecule has 2 aliphatic rings. The van der Waals surface area contributed by atoms with Crippen molar-refractivity contribution < 1.29 is 23.9 Å². The van der Waals surface area contributed by atoms with Crippen molar-refractivity contribution in [3.63, 3.8) is 0 Å². The van der Waals surface area contributed by atoms with Crippen LogP contribution in [-0.4, -0.2) is 36.9 Å². The lowest BCUT2D eigenvalue weighted by molar-refractivity contribution is -0.115. The Kier molecular flexibility index (Phi) is 4.26. The van der Waals surface area contributed by atoms with E-state index < -0.39 is 5.91 Å². The second kappa shape index (κ2) is 6.33. The molecule has 2 fully saturated rings. The molecule has 114 valence electrons. The largest absolute Gasteiger partial charge is 0.462 e. The monoisotopic (exact) mass is 319 g/mol. The van der Waals surface area contributed by atoms with Gasteiger partial charge in [-0.3, -0.25) is 14.9 Å². The SMILES string of the molecule is O=C1NC(=O)/C(=C\c2ccc(C(=O)OCC3COC3)cc2)S1. The zero-order valence-corrected chi connectivity index (χ0v) is 12.4. The molecule has 2 saturated heterocycles. The highest BCUT2D eigenvalue weighted by molar-refractivity contribution is 8.18. The maximum atomic E-state index is 11.8. The van der Waals surface area contributed by atoms with E-state index in [0.717, 1.165) is 17.3 Å². The van der Waals surface area contributed by atoms with Crippen molar-refractivity contribution in [2.75, 3.05) is 19.8 Å². The second-order valence-electron chi connectivity index (χ2n) is 4.98. The summed E-state index contributed by atoms with van der Waals surface area (Å²) in [6.07, 6.45) is 1.60. The number of thioether (sulfide) groups is 1. The molecule has 1 N–H and O–H groups in total. The standard InChI is InChI=1S/C15H13NO5S/c17-13-12(22-15(19)16-13)5-9-1-3-11(4-2-9)14(18)21-8-10-6-20-7-10/h1-5,10H,6-8H2,(H,16,17,19)/b12-5+. The summed E-state index contributed by atoms with van der Waals surface area (Å²) in [5, 5.41) is 1.81. The van der Waals surface area contributed by atoms with Gasteiger partial charge >= 0.3 is 5.97 Å². The van der Waals surface area contributed by atoms with E-state index in [9.17, 15) is 14.4 Å². The molecule has 22 heavy (non-hydrogen) atoms. The first-order valence-electron chi connectivity index (χ1n) is 6.71. The molecule has 0 saturated carbocycles. The number of hydrogen-bond donors (Lipinski definition) is 1. The van der Waals surface area contributed by atoms with E-state index in [0.29, 0.717) is 36.2 Å². The molecule has 7 heteroatoms. The molecular weight excluding hydrogens is 306 g/mol. The van der Waals surface area contributed by atoms with Crippen LogP contribution in [-0.2, 0) is 14.3 Å². The van der Waals surface area contributed by atoms with Crippen LogP contribution < -0.4 is 5.32 Å². The van der Waals surface area contributed by atoms with Gasteiger partial charge in [-0.05, 0) is 35.5 Å². The Morgan fingerprint density at radius 1 is 1.32 bits per heavy atom. The van der Waals surface area contributed by atoms with Crippen LogP contribution in [0.15, 0.2) is 29.2 Å². The molecule has 1 aromatic rings. The third kappa shape index (κ3) is 3.37. The minimum Gasteiger partial charge on any atom is -0.462 e. The van der Waals surface area contributed by atoms with Gasteiger partial charge in [-0.25, -0.2) is 4.79 Å². The lowest BCUT2D eigenvalue weighted by atomic mass is 10.1. The van der Waals surface area contributed by atoms with Gasteiger partial charge in [0.05, 0.1) is 30.3 Å². The topological polar surface area (TPSA) is 81.7 Å². The average Bonchev–Trinajstić information content (AvgIpc) is 2.76. The van der Waals surface area contributed by atoms with Crippen LogP contribution in [0.4, 0.5) is 4.79 Å². The van der Waals surface area contributed by atoms with E-state index in [1.165, 1.54) is 0 Å². The molecule has 2 heterocycles. The maximum Gasteiger partial charge on any atom is 0.338 e. The van der Waals surface area contributed by atoms with E-state index in [1.807, 2.05) is 0 Å². The number of ether oxygens (including phenoxy) is 2. The summed E-state index contributed by atoms with van der Waals surface area (Å²) in [5.41, 5.74) is 1.18. The Bertz CT molecular complexity index is 648. The molecule has 0 unspecified atom stereocenters. The van der Waals surface area contributed by atoms with Gasteiger partial charge in [-0.2, -0.15) is 0 Å². The number of imide groups is 1. The molecule has 2 amide bonds. The van der Waals surface area contributed by atoms with Crippen molar-refractivity contribution in [3.8, 4) is 0 Å². The van der Waals surface area contributed by atoms with Crippen molar-refractivity contribution in [3.05, 3.63) is 40.3 Å². The Morgan fingerprint density at radius 2 is 2.05 bits per heavy atom. The number of benzene rings is 1. The molecule has 3 rings (SSSR count). The number of esters is 1. The zero-order chi connectivity index (χ0) is 15.5.